The Morgan fingerprint density at radius 1 is 1.13 bits per heavy atom. The Bertz CT molecular complexity index is 809. The van der Waals surface area contributed by atoms with Crippen LogP contribution in [0.15, 0.2) is 36.0 Å². The van der Waals surface area contributed by atoms with Gasteiger partial charge in [0.2, 0.25) is 0 Å². The number of nitrogens with zero attached hydrogens (tertiary/aromatic N) is 3. The quantitative estimate of drug-likeness (QED) is 0.797. The maximum atomic E-state index is 5.40. The number of aromatic nitrogens is 2. The summed E-state index contributed by atoms with van der Waals surface area (Å²) in [6, 6.07) is 8.49. The maximum absolute atomic E-state index is 5.40. The molecule has 3 heterocycles. The van der Waals surface area contributed by atoms with Crippen LogP contribution in [0, 0.1) is 6.92 Å². The Labute approximate surface area is 138 Å². The highest BCUT2D eigenvalue weighted by Gasteiger charge is 2.12. The Balaban J connectivity index is 1.57. The zero-order valence-corrected chi connectivity index (χ0v) is 13.8. The third-order valence-electron chi connectivity index (χ3n) is 4.06. The molecule has 118 valence electrons. The summed E-state index contributed by atoms with van der Waals surface area (Å²) in [7, 11) is 0. The van der Waals surface area contributed by atoms with Crippen molar-refractivity contribution in [1.82, 2.24) is 9.97 Å². The molecule has 1 fully saturated rings. The fraction of sp³-hybridized carbons (Fsp3) is 0.294. The highest BCUT2D eigenvalue weighted by Crippen LogP contribution is 2.30. The standard InChI is InChI=1S/C17H18N4OS/c1-12-10-23-17-15(12)16(18-11-19-17)20-13-2-4-14(5-3-13)21-6-8-22-9-7-21/h2-5,10-11H,6-9H2,1H3,(H,18,19,20). The van der Waals surface area contributed by atoms with Crippen LogP contribution in [0.5, 0.6) is 0 Å². The van der Waals surface area contributed by atoms with Crippen LogP contribution in [-0.4, -0.2) is 36.3 Å². The van der Waals surface area contributed by atoms with Crippen molar-refractivity contribution >= 4 is 38.7 Å². The largest absolute Gasteiger partial charge is 0.378 e. The van der Waals surface area contributed by atoms with E-state index in [1.807, 2.05) is 0 Å². The monoisotopic (exact) mass is 326 g/mol. The van der Waals surface area contributed by atoms with Crippen LogP contribution in [-0.2, 0) is 4.74 Å². The summed E-state index contributed by atoms with van der Waals surface area (Å²) in [6.07, 6.45) is 1.61. The molecule has 0 amide bonds. The minimum atomic E-state index is 0.802. The number of hydrogen-bond donors (Lipinski definition) is 1. The number of hydrogen-bond acceptors (Lipinski definition) is 6. The van der Waals surface area contributed by atoms with E-state index in [0.717, 1.165) is 48.0 Å². The first-order valence-corrected chi connectivity index (χ1v) is 8.58. The maximum Gasteiger partial charge on any atom is 0.142 e. The average molecular weight is 326 g/mol. The summed E-state index contributed by atoms with van der Waals surface area (Å²) in [5, 5.41) is 6.64. The SMILES string of the molecule is Cc1csc2ncnc(Nc3ccc(N4CCOCC4)cc3)c12. The van der Waals surface area contributed by atoms with E-state index in [1.165, 1.54) is 11.3 Å². The van der Waals surface area contributed by atoms with Crippen molar-refractivity contribution in [3.63, 3.8) is 0 Å². The van der Waals surface area contributed by atoms with Crippen LogP contribution in [0.1, 0.15) is 5.56 Å². The molecular formula is C17H18N4OS. The number of nitrogens with one attached hydrogen (secondary N) is 1. The number of thiophene rings is 1. The van der Waals surface area contributed by atoms with E-state index >= 15 is 0 Å². The van der Waals surface area contributed by atoms with Crippen LogP contribution in [0.25, 0.3) is 10.2 Å². The van der Waals surface area contributed by atoms with Crippen LogP contribution in [0.2, 0.25) is 0 Å². The molecule has 3 aromatic rings. The first-order valence-electron chi connectivity index (χ1n) is 7.70. The molecular weight excluding hydrogens is 308 g/mol. The van der Waals surface area contributed by atoms with Gasteiger partial charge >= 0.3 is 0 Å². The Morgan fingerprint density at radius 2 is 1.91 bits per heavy atom. The summed E-state index contributed by atoms with van der Waals surface area (Å²) in [5.41, 5.74) is 3.48. The zero-order valence-electron chi connectivity index (χ0n) is 13.0. The molecule has 0 radical (unpaired) electrons. The minimum absolute atomic E-state index is 0.802. The molecule has 1 saturated heterocycles. The number of fused-ring (bicyclic) bond motifs is 1. The summed E-state index contributed by atoms with van der Waals surface area (Å²) < 4.78 is 5.40. The van der Waals surface area contributed by atoms with Gasteiger partial charge < -0.3 is 15.0 Å². The van der Waals surface area contributed by atoms with Gasteiger partial charge in [0.15, 0.2) is 0 Å². The van der Waals surface area contributed by atoms with Crippen LogP contribution in [0.4, 0.5) is 17.2 Å². The third-order valence-corrected chi connectivity index (χ3v) is 5.06. The van der Waals surface area contributed by atoms with E-state index < -0.39 is 0 Å². The number of morpholine rings is 1. The molecule has 5 nitrogen and oxygen atoms in total. The molecule has 0 bridgehead atoms. The fourth-order valence-electron chi connectivity index (χ4n) is 2.83. The Morgan fingerprint density at radius 3 is 2.70 bits per heavy atom. The van der Waals surface area contributed by atoms with Crippen molar-refractivity contribution in [3.8, 4) is 0 Å². The summed E-state index contributed by atoms with van der Waals surface area (Å²) in [6.45, 7) is 5.60. The van der Waals surface area contributed by atoms with Gasteiger partial charge in [0.1, 0.15) is 17.0 Å². The predicted octanol–water partition coefficient (Wildman–Crippen LogP) is 3.58. The van der Waals surface area contributed by atoms with Gasteiger partial charge in [-0.05, 0) is 42.1 Å². The second-order valence-electron chi connectivity index (χ2n) is 5.59. The van der Waals surface area contributed by atoms with E-state index in [-0.39, 0.29) is 0 Å². The lowest BCUT2D eigenvalue weighted by atomic mass is 10.2. The molecule has 1 aliphatic rings. The van der Waals surface area contributed by atoms with Gasteiger partial charge in [0, 0.05) is 24.5 Å². The van der Waals surface area contributed by atoms with Gasteiger partial charge in [-0.15, -0.1) is 11.3 Å². The molecule has 0 aliphatic carbocycles. The highest BCUT2D eigenvalue weighted by atomic mass is 32.1. The van der Waals surface area contributed by atoms with Crippen molar-refractivity contribution < 1.29 is 4.74 Å². The second kappa shape index (κ2) is 6.14. The topological polar surface area (TPSA) is 50.3 Å². The molecule has 6 heteroatoms. The molecule has 0 spiro atoms. The van der Waals surface area contributed by atoms with Gasteiger partial charge in [0.25, 0.3) is 0 Å². The lowest BCUT2D eigenvalue weighted by molar-refractivity contribution is 0.122. The molecule has 1 N–H and O–H groups in total. The summed E-state index contributed by atoms with van der Waals surface area (Å²) in [4.78, 5) is 12.1. The molecule has 1 aromatic carbocycles. The lowest BCUT2D eigenvalue weighted by Gasteiger charge is -2.28. The molecule has 0 unspecified atom stereocenters. The van der Waals surface area contributed by atoms with Gasteiger partial charge in [-0.3, -0.25) is 0 Å². The van der Waals surface area contributed by atoms with Gasteiger partial charge in [-0.25, -0.2) is 9.97 Å². The molecule has 2 aromatic heterocycles. The summed E-state index contributed by atoms with van der Waals surface area (Å²) >= 11 is 1.65. The number of aryl methyl sites for hydroxylation is 1. The van der Waals surface area contributed by atoms with E-state index in [1.54, 1.807) is 17.7 Å². The smallest absolute Gasteiger partial charge is 0.142 e. The number of ether oxygens (including phenoxy) is 1. The average Bonchev–Trinajstić information content (AvgIpc) is 2.99. The number of anilines is 3. The van der Waals surface area contributed by atoms with Crippen LogP contribution in [0.3, 0.4) is 0 Å². The summed E-state index contributed by atoms with van der Waals surface area (Å²) in [5.74, 6) is 0.868. The molecule has 23 heavy (non-hydrogen) atoms. The Hall–Kier alpha value is -2.18. The van der Waals surface area contributed by atoms with Gasteiger partial charge in [-0.2, -0.15) is 0 Å². The molecule has 0 saturated carbocycles. The van der Waals surface area contributed by atoms with E-state index in [4.69, 9.17) is 4.74 Å². The van der Waals surface area contributed by atoms with Crippen LogP contribution >= 0.6 is 11.3 Å². The van der Waals surface area contributed by atoms with Crippen molar-refractivity contribution in [1.29, 1.82) is 0 Å². The second-order valence-corrected chi connectivity index (χ2v) is 6.45. The van der Waals surface area contributed by atoms with Gasteiger partial charge in [0.05, 0.1) is 18.6 Å². The Kier molecular flexibility index (Phi) is 3.85. The molecule has 4 rings (SSSR count). The molecule has 1 aliphatic heterocycles. The minimum Gasteiger partial charge on any atom is -0.378 e. The molecule has 0 atom stereocenters. The number of rotatable bonds is 3. The first-order chi connectivity index (χ1) is 11.3. The first kappa shape index (κ1) is 14.4. The lowest BCUT2D eigenvalue weighted by Crippen LogP contribution is -2.36. The van der Waals surface area contributed by atoms with Crippen LogP contribution < -0.4 is 10.2 Å². The normalized spacial score (nSPS) is 15.1. The van der Waals surface area contributed by atoms with E-state index in [0.29, 0.717) is 0 Å². The zero-order chi connectivity index (χ0) is 15.6. The van der Waals surface area contributed by atoms with Gasteiger partial charge in [-0.1, -0.05) is 0 Å². The van der Waals surface area contributed by atoms with E-state index in [2.05, 4.69) is 56.8 Å². The van der Waals surface area contributed by atoms with Crippen molar-refractivity contribution in [2.75, 3.05) is 36.5 Å². The highest BCUT2D eigenvalue weighted by molar-refractivity contribution is 7.17. The third kappa shape index (κ3) is 2.87. The van der Waals surface area contributed by atoms with Crippen molar-refractivity contribution in [2.45, 2.75) is 6.92 Å². The fourth-order valence-corrected chi connectivity index (χ4v) is 3.72. The predicted molar refractivity (Wildman–Crippen MR) is 94.9 cm³/mol. The van der Waals surface area contributed by atoms with Crippen molar-refractivity contribution in [2.24, 2.45) is 0 Å². The number of benzene rings is 1. The van der Waals surface area contributed by atoms with E-state index in [9.17, 15) is 0 Å². The van der Waals surface area contributed by atoms with Crippen molar-refractivity contribution in [3.05, 3.63) is 41.5 Å².